The highest BCUT2D eigenvalue weighted by Gasteiger charge is 2.06. The van der Waals surface area contributed by atoms with Crippen LogP contribution in [0.4, 0.5) is 4.79 Å². The molecule has 3 N–H and O–H groups in total. The summed E-state index contributed by atoms with van der Waals surface area (Å²) in [5.74, 6) is 0. The van der Waals surface area contributed by atoms with Crippen molar-refractivity contribution in [3.05, 3.63) is 11.6 Å². The summed E-state index contributed by atoms with van der Waals surface area (Å²) in [7, 11) is 0. The third kappa shape index (κ3) is 2.74. The van der Waals surface area contributed by atoms with E-state index < -0.39 is 6.03 Å². The number of urea groups is 1. The van der Waals surface area contributed by atoms with E-state index in [1.165, 1.54) is 5.57 Å². The van der Waals surface area contributed by atoms with Crippen molar-refractivity contribution >= 4 is 11.7 Å². The molecular formula is C8H13N3O. The van der Waals surface area contributed by atoms with Crippen molar-refractivity contribution in [3.8, 4) is 0 Å². The second-order valence-electron chi connectivity index (χ2n) is 2.92. The molecule has 0 atom stereocenters. The minimum absolute atomic E-state index is 0.602. The van der Waals surface area contributed by atoms with E-state index in [1.807, 2.05) is 0 Å². The summed E-state index contributed by atoms with van der Waals surface area (Å²) >= 11 is 0. The smallest absolute Gasteiger partial charge is 0.332 e. The Morgan fingerprint density at radius 1 is 1.75 bits per heavy atom. The molecule has 0 saturated carbocycles. The zero-order valence-electron chi connectivity index (χ0n) is 7.13. The number of nitrogens with zero attached hydrogens (tertiary/aromatic N) is 1. The van der Waals surface area contributed by atoms with Crippen molar-refractivity contribution in [2.45, 2.75) is 26.2 Å². The summed E-state index contributed by atoms with van der Waals surface area (Å²) in [6.07, 6.45) is 4.95. The molecule has 0 aliphatic heterocycles. The van der Waals surface area contributed by atoms with E-state index in [2.05, 4.69) is 23.5 Å². The second-order valence-corrected chi connectivity index (χ2v) is 2.92. The van der Waals surface area contributed by atoms with Gasteiger partial charge in [-0.3, -0.25) is 0 Å². The number of nitrogens with one attached hydrogen (secondary N) is 1. The van der Waals surface area contributed by atoms with Gasteiger partial charge in [0, 0.05) is 12.1 Å². The number of primary amides is 1. The van der Waals surface area contributed by atoms with Gasteiger partial charge in [0.2, 0.25) is 0 Å². The molecular weight excluding hydrogens is 154 g/mol. The van der Waals surface area contributed by atoms with Gasteiger partial charge < -0.3 is 5.73 Å². The van der Waals surface area contributed by atoms with Crippen LogP contribution in [0.25, 0.3) is 0 Å². The summed E-state index contributed by atoms with van der Waals surface area (Å²) in [6, 6.07) is -0.602. The van der Waals surface area contributed by atoms with Gasteiger partial charge in [0.1, 0.15) is 0 Å². The van der Waals surface area contributed by atoms with E-state index in [1.54, 1.807) is 0 Å². The van der Waals surface area contributed by atoms with Gasteiger partial charge in [-0.25, -0.2) is 10.2 Å². The van der Waals surface area contributed by atoms with Crippen LogP contribution in [0.2, 0.25) is 0 Å². The lowest BCUT2D eigenvalue weighted by molar-refractivity contribution is 0.249. The molecule has 0 aromatic heterocycles. The molecule has 1 rings (SSSR count). The van der Waals surface area contributed by atoms with Gasteiger partial charge in [0.05, 0.1) is 0 Å². The minimum Gasteiger partial charge on any atom is -0.350 e. The predicted molar refractivity (Wildman–Crippen MR) is 47.8 cm³/mol. The van der Waals surface area contributed by atoms with Crippen LogP contribution in [0.5, 0.6) is 0 Å². The number of hydrogen-bond donors (Lipinski definition) is 2. The van der Waals surface area contributed by atoms with Gasteiger partial charge >= 0.3 is 6.03 Å². The van der Waals surface area contributed by atoms with E-state index >= 15 is 0 Å². The SMILES string of the molecule is CC1=CCC/C(=N/NC(N)=O)C1. The number of hydrogen-bond acceptors (Lipinski definition) is 2. The third-order valence-corrected chi connectivity index (χ3v) is 1.73. The van der Waals surface area contributed by atoms with Gasteiger partial charge in [-0.05, 0) is 19.8 Å². The third-order valence-electron chi connectivity index (χ3n) is 1.73. The first-order valence-corrected chi connectivity index (χ1v) is 3.95. The first-order valence-electron chi connectivity index (χ1n) is 3.95. The van der Waals surface area contributed by atoms with Crippen molar-refractivity contribution in [2.75, 3.05) is 0 Å². The average molecular weight is 167 g/mol. The first-order chi connectivity index (χ1) is 5.68. The molecule has 12 heavy (non-hydrogen) atoms. The molecule has 0 aromatic rings. The number of hydrazone groups is 1. The normalized spacial score (nSPS) is 20.4. The topological polar surface area (TPSA) is 67.5 Å². The van der Waals surface area contributed by atoms with Crippen LogP contribution in [-0.2, 0) is 0 Å². The monoisotopic (exact) mass is 167 g/mol. The molecule has 0 saturated heterocycles. The van der Waals surface area contributed by atoms with E-state index in [-0.39, 0.29) is 0 Å². The molecule has 0 radical (unpaired) electrons. The van der Waals surface area contributed by atoms with E-state index in [0.29, 0.717) is 0 Å². The van der Waals surface area contributed by atoms with Gasteiger partial charge in [-0.15, -0.1) is 0 Å². The van der Waals surface area contributed by atoms with Crippen molar-refractivity contribution in [1.29, 1.82) is 0 Å². The summed E-state index contributed by atoms with van der Waals surface area (Å²) < 4.78 is 0. The largest absolute Gasteiger partial charge is 0.350 e. The fourth-order valence-corrected chi connectivity index (χ4v) is 1.20. The van der Waals surface area contributed by atoms with E-state index in [0.717, 1.165) is 25.0 Å². The van der Waals surface area contributed by atoms with Crippen LogP contribution in [-0.4, -0.2) is 11.7 Å². The maximum absolute atomic E-state index is 10.3. The van der Waals surface area contributed by atoms with Crippen molar-refractivity contribution in [1.82, 2.24) is 5.43 Å². The lowest BCUT2D eigenvalue weighted by atomic mass is 9.99. The number of carbonyl (C=O) groups is 1. The van der Waals surface area contributed by atoms with Crippen molar-refractivity contribution < 1.29 is 4.79 Å². The lowest BCUT2D eigenvalue weighted by Gasteiger charge is -2.10. The van der Waals surface area contributed by atoms with Crippen molar-refractivity contribution in [3.63, 3.8) is 0 Å². The average Bonchev–Trinajstić information content (AvgIpc) is 2.01. The molecule has 0 aromatic carbocycles. The molecule has 0 spiro atoms. The Labute approximate surface area is 71.5 Å². The zero-order chi connectivity index (χ0) is 8.97. The molecule has 4 nitrogen and oxygen atoms in total. The molecule has 4 heteroatoms. The summed E-state index contributed by atoms with van der Waals surface area (Å²) in [6.45, 7) is 2.05. The van der Waals surface area contributed by atoms with E-state index in [4.69, 9.17) is 5.73 Å². The highest BCUT2D eigenvalue weighted by atomic mass is 16.2. The second kappa shape index (κ2) is 3.90. The molecule has 0 bridgehead atoms. The number of allylic oxidation sites excluding steroid dienone is 2. The molecule has 2 amide bonds. The summed E-state index contributed by atoms with van der Waals surface area (Å²) in [5, 5.41) is 3.88. The van der Waals surface area contributed by atoms with Gasteiger partial charge in [-0.1, -0.05) is 11.6 Å². The van der Waals surface area contributed by atoms with Gasteiger partial charge in [-0.2, -0.15) is 5.10 Å². The van der Waals surface area contributed by atoms with Gasteiger partial charge in [0.15, 0.2) is 0 Å². The maximum Gasteiger partial charge on any atom is 0.332 e. The van der Waals surface area contributed by atoms with Gasteiger partial charge in [0.25, 0.3) is 0 Å². The Kier molecular flexibility index (Phi) is 2.85. The Morgan fingerprint density at radius 3 is 3.08 bits per heavy atom. The lowest BCUT2D eigenvalue weighted by Crippen LogP contribution is -2.26. The number of rotatable bonds is 1. The van der Waals surface area contributed by atoms with Crippen LogP contribution in [0.1, 0.15) is 26.2 Å². The standard InChI is InChI=1S/C8H13N3O/c1-6-3-2-4-7(5-6)10-11-8(9)12/h3H,2,4-5H2,1H3,(H3,9,11,12)/b10-7-. The highest BCUT2D eigenvalue weighted by Crippen LogP contribution is 2.14. The van der Waals surface area contributed by atoms with E-state index in [9.17, 15) is 4.79 Å². The Hall–Kier alpha value is -1.32. The number of carbonyl (C=O) groups excluding carboxylic acids is 1. The van der Waals surface area contributed by atoms with Crippen LogP contribution in [0.15, 0.2) is 16.8 Å². The fraction of sp³-hybridized carbons (Fsp3) is 0.500. The minimum atomic E-state index is -0.602. The summed E-state index contributed by atoms with van der Waals surface area (Å²) in [4.78, 5) is 10.3. The molecule has 66 valence electrons. The quantitative estimate of drug-likeness (QED) is 0.446. The Morgan fingerprint density at radius 2 is 2.50 bits per heavy atom. The Balaban J connectivity index is 2.48. The highest BCUT2D eigenvalue weighted by molar-refractivity contribution is 5.88. The maximum atomic E-state index is 10.3. The first kappa shape index (κ1) is 8.77. The fourth-order valence-electron chi connectivity index (χ4n) is 1.20. The van der Waals surface area contributed by atoms with Crippen LogP contribution < -0.4 is 11.2 Å². The van der Waals surface area contributed by atoms with Crippen molar-refractivity contribution in [2.24, 2.45) is 10.8 Å². The van der Waals surface area contributed by atoms with Crippen LogP contribution in [0.3, 0.4) is 0 Å². The number of nitrogens with two attached hydrogens (primary N) is 1. The van der Waals surface area contributed by atoms with Crippen LogP contribution in [0, 0.1) is 0 Å². The predicted octanol–water partition coefficient (Wildman–Crippen LogP) is 1.14. The molecule has 1 aliphatic rings. The molecule has 0 unspecified atom stereocenters. The summed E-state index contributed by atoms with van der Waals surface area (Å²) in [5.41, 5.74) is 9.40. The molecule has 1 aliphatic carbocycles. The number of amides is 2. The Bertz CT molecular complexity index is 243. The van der Waals surface area contributed by atoms with Crippen LogP contribution >= 0.6 is 0 Å². The molecule has 0 fully saturated rings. The zero-order valence-corrected chi connectivity index (χ0v) is 7.13. The molecule has 0 heterocycles.